The Morgan fingerprint density at radius 1 is 1.29 bits per heavy atom. The van der Waals surface area contributed by atoms with E-state index in [9.17, 15) is 0 Å². The number of rotatable bonds is 5. The number of anilines is 1. The molecule has 3 nitrogen and oxygen atoms in total. The summed E-state index contributed by atoms with van der Waals surface area (Å²) < 4.78 is 0. The van der Waals surface area contributed by atoms with Crippen LogP contribution in [0.2, 0.25) is 0 Å². The maximum atomic E-state index is 4.13. The topological polar surface area (TPSA) is 37.8 Å². The molecule has 1 aromatic rings. The van der Waals surface area contributed by atoms with Gasteiger partial charge < -0.3 is 5.32 Å². The normalized spacial score (nSPS) is 14.8. The molecule has 1 heterocycles. The fraction of sp³-hybridized carbons (Fsp3) is 0.636. The lowest BCUT2D eigenvalue weighted by atomic mass is 10.0. The SMILES string of the molecule is CCC(C)CC(C)Nc1ncccn1. The first kappa shape index (κ1) is 11.0. The van der Waals surface area contributed by atoms with Crippen molar-refractivity contribution < 1.29 is 0 Å². The molecule has 0 aliphatic rings. The van der Waals surface area contributed by atoms with Crippen molar-refractivity contribution in [2.24, 2.45) is 5.92 Å². The molecule has 2 atom stereocenters. The van der Waals surface area contributed by atoms with Crippen molar-refractivity contribution in [3.05, 3.63) is 18.5 Å². The molecule has 14 heavy (non-hydrogen) atoms. The standard InChI is InChI=1S/C11H19N3/c1-4-9(2)8-10(3)14-11-12-6-5-7-13-11/h5-7,9-10H,4,8H2,1-3H3,(H,12,13,14). The molecule has 1 N–H and O–H groups in total. The van der Waals surface area contributed by atoms with Gasteiger partial charge in [0.15, 0.2) is 0 Å². The second-order valence-corrected chi connectivity index (χ2v) is 3.87. The molecule has 2 unspecified atom stereocenters. The van der Waals surface area contributed by atoms with Crippen LogP contribution in [-0.4, -0.2) is 16.0 Å². The van der Waals surface area contributed by atoms with Crippen molar-refractivity contribution in [2.75, 3.05) is 5.32 Å². The summed E-state index contributed by atoms with van der Waals surface area (Å²) >= 11 is 0. The van der Waals surface area contributed by atoms with Gasteiger partial charge in [0.2, 0.25) is 5.95 Å². The molecule has 0 aliphatic heterocycles. The summed E-state index contributed by atoms with van der Waals surface area (Å²) in [6.07, 6.45) is 5.90. The first-order valence-corrected chi connectivity index (χ1v) is 5.26. The highest BCUT2D eigenvalue weighted by molar-refractivity contribution is 5.23. The maximum absolute atomic E-state index is 4.13. The van der Waals surface area contributed by atoms with Crippen molar-refractivity contribution in [2.45, 2.75) is 39.7 Å². The highest BCUT2D eigenvalue weighted by atomic mass is 15.1. The molecule has 3 heteroatoms. The van der Waals surface area contributed by atoms with Crippen molar-refractivity contribution in [1.82, 2.24) is 9.97 Å². The number of hydrogen-bond acceptors (Lipinski definition) is 3. The van der Waals surface area contributed by atoms with Crippen LogP contribution in [0.5, 0.6) is 0 Å². The van der Waals surface area contributed by atoms with Gasteiger partial charge in [-0.05, 0) is 25.3 Å². The molecule has 1 aromatic heterocycles. The predicted molar refractivity (Wildman–Crippen MR) is 59.2 cm³/mol. The lowest BCUT2D eigenvalue weighted by Gasteiger charge is -2.16. The van der Waals surface area contributed by atoms with Gasteiger partial charge in [0, 0.05) is 18.4 Å². The second kappa shape index (κ2) is 5.58. The van der Waals surface area contributed by atoms with E-state index >= 15 is 0 Å². The Kier molecular flexibility index (Phi) is 4.36. The summed E-state index contributed by atoms with van der Waals surface area (Å²) in [5.74, 6) is 1.48. The zero-order valence-corrected chi connectivity index (χ0v) is 9.20. The van der Waals surface area contributed by atoms with E-state index < -0.39 is 0 Å². The average molecular weight is 193 g/mol. The van der Waals surface area contributed by atoms with Crippen LogP contribution in [0.1, 0.15) is 33.6 Å². The van der Waals surface area contributed by atoms with Crippen molar-refractivity contribution in [3.63, 3.8) is 0 Å². The molecule has 0 saturated heterocycles. The average Bonchev–Trinajstić information content (AvgIpc) is 2.19. The number of nitrogens with zero attached hydrogens (tertiary/aromatic N) is 2. The Balaban J connectivity index is 2.37. The number of nitrogens with one attached hydrogen (secondary N) is 1. The first-order valence-electron chi connectivity index (χ1n) is 5.26. The van der Waals surface area contributed by atoms with Gasteiger partial charge in [-0.3, -0.25) is 0 Å². The van der Waals surface area contributed by atoms with Gasteiger partial charge in [0.25, 0.3) is 0 Å². The second-order valence-electron chi connectivity index (χ2n) is 3.87. The summed E-state index contributed by atoms with van der Waals surface area (Å²) in [7, 11) is 0. The lowest BCUT2D eigenvalue weighted by molar-refractivity contribution is 0.482. The van der Waals surface area contributed by atoms with E-state index in [1.165, 1.54) is 6.42 Å². The maximum Gasteiger partial charge on any atom is 0.222 e. The molecule has 0 radical (unpaired) electrons. The Morgan fingerprint density at radius 2 is 1.93 bits per heavy atom. The Morgan fingerprint density at radius 3 is 2.50 bits per heavy atom. The van der Waals surface area contributed by atoms with Gasteiger partial charge in [0.1, 0.15) is 0 Å². The summed E-state index contributed by atoms with van der Waals surface area (Å²) in [6, 6.07) is 2.26. The predicted octanol–water partition coefficient (Wildman–Crippen LogP) is 2.71. The van der Waals surface area contributed by atoms with E-state index in [1.807, 2.05) is 6.07 Å². The van der Waals surface area contributed by atoms with Gasteiger partial charge in [0.05, 0.1) is 0 Å². The Hall–Kier alpha value is -1.12. The number of aromatic nitrogens is 2. The highest BCUT2D eigenvalue weighted by Crippen LogP contribution is 2.11. The van der Waals surface area contributed by atoms with E-state index in [4.69, 9.17) is 0 Å². The van der Waals surface area contributed by atoms with Crippen LogP contribution in [0.3, 0.4) is 0 Å². The molecule has 1 rings (SSSR count). The van der Waals surface area contributed by atoms with E-state index in [1.54, 1.807) is 12.4 Å². The van der Waals surface area contributed by atoms with Gasteiger partial charge in [-0.25, -0.2) is 9.97 Å². The smallest absolute Gasteiger partial charge is 0.222 e. The van der Waals surface area contributed by atoms with Crippen molar-refractivity contribution in [3.8, 4) is 0 Å². The Labute approximate surface area is 86.0 Å². The van der Waals surface area contributed by atoms with E-state index in [-0.39, 0.29) is 0 Å². The zero-order valence-electron chi connectivity index (χ0n) is 9.20. The molecule has 0 saturated carbocycles. The summed E-state index contributed by atoms with van der Waals surface area (Å²) in [4.78, 5) is 8.26. The van der Waals surface area contributed by atoms with Gasteiger partial charge in [-0.1, -0.05) is 20.3 Å². The van der Waals surface area contributed by atoms with Crippen molar-refractivity contribution in [1.29, 1.82) is 0 Å². The fourth-order valence-corrected chi connectivity index (χ4v) is 1.42. The minimum absolute atomic E-state index is 0.437. The third kappa shape index (κ3) is 3.73. The molecular weight excluding hydrogens is 174 g/mol. The van der Waals surface area contributed by atoms with Crippen LogP contribution >= 0.6 is 0 Å². The van der Waals surface area contributed by atoms with E-state index in [2.05, 4.69) is 36.1 Å². The first-order chi connectivity index (χ1) is 6.72. The molecule has 0 fully saturated rings. The molecular formula is C11H19N3. The quantitative estimate of drug-likeness (QED) is 0.781. The van der Waals surface area contributed by atoms with Gasteiger partial charge in [-0.2, -0.15) is 0 Å². The summed E-state index contributed by atoms with van der Waals surface area (Å²) in [5, 5.41) is 3.28. The van der Waals surface area contributed by atoms with Crippen LogP contribution in [0.15, 0.2) is 18.5 Å². The monoisotopic (exact) mass is 193 g/mol. The molecule has 0 aliphatic carbocycles. The number of hydrogen-bond donors (Lipinski definition) is 1. The summed E-state index contributed by atoms with van der Waals surface area (Å²) in [5.41, 5.74) is 0. The molecule has 0 spiro atoms. The van der Waals surface area contributed by atoms with Gasteiger partial charge in [-0.15, -0.1) is 0 Å². The van der Waals surface area contributed by atoms with E-state index in [0.29, 0.717) is 6.04 Å². The van der Waals surface area contributed by atoms with Crippen LogP contribution < -0.4 is 5.32 Å². The minimum atomic E-state index is 0.437. The zero-order chi connectivity index (χ0) is 10.4. The van der Waals surface area contributed by atoms with Crippen molar-refractivity contribution >= 4 is 5.95 Å². The molecule has 78 valence electrons. The van der Waals surface area contributed by atoms with Gasteiger partial charge >= 0.3 is 0 Å². The molecule has 0 aromatic carbocycles. The van der Waals surface area contributed by atoms with Crippen LogP contribution in [0.25, 0.3) is 0 Å². The van der Waals surface area contributed by atoms with Crippen LogP contribution in [0, 0.1) is 5.92 Å². The van der Waals surface area contributed by atoms with Crippen LogP contribution in [0.4, 0.5) is 5.95 Å². The third-order valence-electron chi connectivity index (χ3n) is 2.39. The summed E-state index contributed by atoms with van der Waals surface area (Å²) in [6.45, 7) is 6.66. The fourth-order valence-electron chi connectivity index (χ4n) is 1.42. The van der Waals surface area contributed by atoms with E-state index in [0.717, 1.165) is 18.3 Å². The third-order valence-corrected chi connectivity index (χ3v) is 2.39. The molecule has 0 bridgehead atoms. The highest BCUT2D eigenvalue weighted by Gasteiger charge is 2.07. The minimum Gasteiger partial charge on any atom is -0.352 e. The van der Waals surface area contributed by atoms with Crippen LogP contribution in [-0.2, 0) is 0 Å². The molecule has 0 amide bonds. The largest absolute Gasteiger partial charge is 0.352 e. The lowest BCUT2D eigenvalue weighted by Crippen LogP contribution is -2.19. The Bertz CT molecular complexity index is 248.